The van der Waals surface area contributed by atoms with Gasteiger partial charge in [0.05, 0.1) is 0 Å². The highest BCUT2D eigenvalue weighted by atomic mass is 16.2. The summed E-state index contributed by atoms with van der Waals surface area (Å²) in [4.78, 5) is 28.6. The number of aryl methyl sites for hydroxylation is 1. The Labute approximate surface area is 149 Å². The van der Waals surface area contributed by atoms with Crippen LogP contribution in [0.15, 0.2) is 60.7 Å². The normalized spacial score (nSPS) is 20.2. The Morgan fingerprint density at radius 2 is 1.52 bits per heavy atom. The molecular weight excluding hydrogens is 312 g/mol. The van der Waals surface area contributed by atoms with Gasteiger partial charge in [0.2, 0.25) is 11.8 Å². The summed E-state index contributed by atoms with van der Waals surface area (Å²) in [5, 5.41) is 0. The molecule has 0 N–H and O–H groups in total. The molecule has 4 nitrogen and oxygen atoms in total. The molecule has 2 aromatic carbocycles. The van der Waals surface area contributed by atoms with Crippen molar-refractivity contribution in [3.05, 3.63) is 71.8 Å². The quantitative estimate of drug-likeness (QED) is 0.842. The SMILES string of the molecule is CC(=O)N1C(Cc2ccccc2)C(=O)N(C)C1CCc1ccccc1. The molecule has 130 valence electrons. The maximum atomic E-state index is 12.8. The van der Waals surface area contributed by atoms with Gasteiger partial charge in [-0.1, -0.05) is 60.7 Å². The number of amides is 2. The van der Waals surface area contributed by atoms with Gasteiger partial charge in [-0.25, -0.2) is 0 Å². The first-order chi connectivity index (χ1) is 12.1. The van der Waals surface area contributed by atoms with Gasteiger partial charge >= 0.3 is 0 Å². The van der Waals surface area contributed by atoms with E-state index in [4.69, 9.17) is 0 Å². The fraction of sp³-hybridized carbons (Fsp3) is 0.333. The number of nitrogens with zero attached hydrogens (tertiary/aromatic N) is 2. The summed E-state index contributed by atoms with van der Waals surface area (Å²) in [6, 6.07) is 19.7. The molecule has 0 spiro atoms. The van der Waals surface area contributed by atoms with E-state index in [2.05, 4.69) is 12.1 Å². The third-order valence-corrected chi connectivity index (χ3v) is 4.91. The molecule has 25 heavy (non-hydrogen) atoms. The average Bonchev–Trinajstić information content (AvgIpc) is 2.86. The lowest BCUT2D eigenvalue weighted by atomic mass is 10.0. The fourth-order valence-corrected chi connectivity index (χ4v) is 3.62. The van der Waals surface area contributed by atoms with Crippen LogP contribution in [0.4, 0.5) is 0 Å². The number of carbonyl (C=O) groups is 2. The van der Waals surface area contributed by atoms with Crippen molar-refractivity contribution < 1.29 is 9.59 Å². The molecule has 0 aromatic heterocycles. The maximum Gasteiger partial charge on any atom is 0.247 e. The Morgan fingerprint density at radius 3 is 2.08 bits per heavy atom. The zero-order valence-corrected chi connectivity index (χ0v) is 14.8. The van der Waals surface area contributed by atoms with E-state index >= 15 is 0 Å². The summed E-state index contributed by atoms with van der Waals surface area (Å²) >= 11 is 0. The predicted molar refractivity (Wildman–Crippen MR) is 97.8 cm³/mol. The van der Waals surface area contributed by atoms with Crippen molar-refractivity contribution in [3.8, 4) is 0 Å². The zero-order valence-electron chi connectivity index (χ0n) is 14.8. The van der Waals surface area contributed by atoms with Crippen LogP contribution in [0.25, 0.3) is 0 Å². The zero-order chi connectivity index (χ0) is 17.8. The van der Waals surface area contributed by atoms with Gasteiger partial charge in [0.15, 0.2) is 0 Å². The van der Waals surface area contributed by atoms with Crippen LogP contribution in [0.1, 0.15) is 24.5 Å². The number of likely N-dealkylation sites (N-methyl/N-ethyl adjacent to an activating group) is 1. The summed E-state index contributed by atoms with van der Waals surface area (Å²) in [7, 11) is 1.80. The molecule has 1 saturated heterocycles. The molecule has 0 bridgehead atoms. The third kappa shape index (κ3) is 3.73. The Bertz CT molecular complexity index is 730. The fourth-order valence-electron chi connectivity index (χ4n) is 3.62. The molecule has 0 aliphatic carbocycles. The molecule has 1 aliphatic heterocycles. The van der Waals surface area contributed by atoms with Crippen LogP contribution in [-0.4, -0.2) is 40.9 Å². The number of benzene rings is 2. The Hall–Kier alpha value is -2.62. The molecule has 0 saturated carbocycles. The van der Waals surface area contributed by atoms with Crippen molar-refractivity contribution in [2.24, 2.45) is 0 Å². The van der Waals surface area contributed by atoms with E-state index in [1.165, 1.54) is 5.56 Å². The molecule has 2 atom stereocenters. The van der Waals surface area contributed by atoms with E-state index in [-0.39, 0.29) is 18.0 Å². The predicted octanol–water partition coefficient (Wildman–Crippen LogP) is 2.88. The second-order valence-corrected chi connectivity index (χ2v) is 6.59. The lowest BCUT2D eigenvalue weighted by molar-refractivity contribution is -0.134. The smallest absolute Gasteiger partial charge is 0.247 e. The van der Waals surface area contributed by atoms with Gasteiger partial charge in [-0.3, -0.25) is 9.59 Å². The molecular formula is C21H24N2O2. The Balaban J connectivity index is 1.78. The highest BCUT2D eigenvalue weighted by Gasteiger charge is 2.44. The molecule has 4 heteroatoms. The first-order valence-electron chi connectivity index (χ1n) is 8.71. The average molecular weight is 336 g/mol. The molecule has 2 unspecified atom stereocenters. The largest absolute Gasteiger partial charge is 0.323 e. The molecule has 2 amide bonds. The van der Waals surface area contributed by atoms with Gasteiger partial charge in [-0.2, -0.15) is 0 Å². The van der Waals surface area contributed by atoms with E-state index in [0.29, 0.717) is 6.42 Å². The summed E-state index contributed by atoms with van der Waals surface area (Å²) < 4.78 is 0. The van der Waals surface area contributed by atoms with Gasteiger partial charge in [0.1, 0.15) is 12.2 Å². The van der Waals surface area contributed by atoms with Gasteiger partial charge in [0.25, 0.3) is 0 Å². The summed E-state index contributed by atoms with van der Waals surface area (Å²) in [6.07, 6.45) is 1.96. The maximum absolute atomic E-state index is 12.8. The van der Waals surface area contributed by atoms with E-state index < -0.39 is 6.04 Å². The molecule has 1 aliphatic rings. The molecule has 2 aromatic rings. The third-order valence-electron chi connectivity index (χ3n) is 4.91. The van der Waals surface area contributed by atoms with Gasteiger partial charge in [0, 0.05) is 20.4 Å². The van der Waals surface area contributed by atoms with Crippen LogP contribution in [0.5, 0.6) is 0 Å². The molecule has 3 rings (SSSR count). The molecule has 0 radical (unpaired) electrons. The lowest BCUT2D eigenvalue weighted by Crippen LogP contribution is -2.43. The molecule has 1 fully saturated rings. The summed E-state index contributed by atoms with van der Waals surface area (Å²) in [6.45, 7) is 1.56. The summed E-state index contributed by atoms with van der Waals surface area (Å²) in [5.74, 6) is -0.0196. The van der Waals surface area contributed by atoms with Crippen molar-refractivity contribution >= 4 is 11.8 Å². The minimum atomic E-state index is -0.411. The minimum Gasteiger partial charge on any atom is -0.323 e. The van der Waals surface area contributed by atoms with E-state index in [1.807, 2.05) is 48.5 Å². The van der Waals surface area contributed by atoms with Crippen molar-refractivity contribution in [2.45, 2.75) is 38.4 Å². The van der Waals surface area contributed by atoms with E-state index in [0.717, 1.165) is 18.4 Å². The van der Waals surface area contributed by atoms with Gasteiger partial charge in [-0.05, 0) is 24.0 Å². The standard InChI is InChI=1S/C21H24N2O2/c1-16(24)23-19(15-18-11-7-4-8-12-18)21(25)22(2)20(23)14-13-17-9-5-3-6-10-17/h3-12,19-20H,13-15H2,1-2H3. The monoisotopic (exact) mass is 336 g/mol. The second kappa shape index (κ2) is 7.51. The van der Waals surface area contributed by atoms with Crippen LogP contribution in [-0.2, 0) is 22.4 Å². The second-order valence-electron chi connectivity index (χ2n) is 6.59. The topological polar surface area (TPSA) is 40.6 Å². The lowest BCUT2D eigenvalue weighted by Gasteiger charge is -2.29. The van der Waals surface area contributed by atoms with Crippen molar-refractivity contribution in [2.75, 3.05) is 7.05 Å². The van der Waals surface area contributed by atoms with Crippen LogP contribution in [0, 0.1) is 0 Å². The van der Waals surface area contributed by atoms with Crippen LogP contribution < -0.4 is 0 Å². The number of carbonyl (C=O) groups excluding carboxylic acids is 2. The number of hydrogen-bond donors (Lipinski definition) is 0. The number of hydrogen-bond acceptors (Lipinski definition) is 2. The van der Waals surface area contributed by atoms with E-state index in [1.54, 1.807) is 23.8 Å². The van der Waals surface area contributed by atoms with E-state index in [9.17, 15) is 9.59 Å². The highest BCUT2D eigenvalue weighted by Crippen LogP contribution is 2.27. The van der Waals surface area contributed by atoms with Crippen molar-refractivity contribution in [1.29, 1.82) is 0 Å². The number of rotatable bonds is 5. The van der Waals surface area contributed by atoms with Crippen molar-refractivity contribution in [1.82, 2.24) is 9.80 Å². The first-order valence-corrected chi connectivity index (χ1v) is 8.71. The van der Waals surface area contributed by atoms with Crippen LogP contribution in [0.2, 0.25) is 0 Å². The van der Waals surface area contributed by atoms with Crippen LogP contribution >= 0.6 is 0 Å². The Kier molecular flexibility index (Phi) is 5.17. The van der Waals surface area contributed by atoms with Crippen LogP contribution in [0.3, 0.4) is 0 Å². The highest BCUT2D eigenvalue weighted by molar-refractivity contribution is 5.90. The van der Waals surface area contributed by atoms with Gasteiger partial charge < -0.3 is 9.80 Å². The summed E-state index contributed by atoms with van der Waals surface area (Å²) in [5.41, 5.74) is 2.29. The Morgan fingerprint density at radius 1 is 0.960 bits per heavy atom. The molecule has 1 heterocycles. The minimum absolute atomic E-state index is 0.0251. The van der Waals surface area contributed by atoms with Crippen molar-refractivity contribution in [3.63, 3.8) is 0 Å². The first kappa shape index (κ1) is 17.2. The van der Waals surface area contributed by atoms with Gasteiger partial charge in [-0.15, -0.1) is 0 Å².